The molecule has 0 radical (unpaired) electrons. The number of nitrogens with zero attached hydrogens (tertiary/aromatic N) is 1. The van der Waals surface area contributed by atoms with Crippen LogP contribution in [0, 0.1) is 0 Å². The Kier molecular flexibility index (Phi) is 8.74. The number of rotatable bonds is 3. The van der Waals surface area contributed by atoms with Gasteiger partial charge in [-0.1, -0.05) is 138 Å². The lowest BCUT2D eigenvalue weighted by atomic mass is 9.62. The van der Waals surface area contributed by atoms with Crippen LogP contribution in [0.1, 0.15) is 105 Å². The molecule has 0 saturated heterocycles. The maximum atomic E-state index is 6.87. The molecule has 5 heterocycles. The largest absolute Gasteiger partial charge is 0.456 e. The first-order valence-corrected chi connectivity index (χ1v) is 25.3. The van der Waals surface area contributed by atoms with E-state index < -0.39 is 0 Å². The molecule has 0 saturated carbocycles. The topological polar surface area (TPSA) is 30.1 Å². The average Bonchev–Trinajstić information content (AvgIpc) is 4.01. The summed E-state index contributed by atoms with van der Waals surface area (Å²) >= 11 is 3.92. The molecule has 6 heteroatoms. The van der Waals surface area contributed by atoms with E-state index >= 15 is 0 Å². The summed E-state index contributed by atoms with van der Waals surface area (Å²) in [5, 5.41) is 13.0. The summed E-state index contributed by atoms with van der Waals surface area (Å²) in [6.07, 6.45) is 0. The van der Waals surface area contributed by atoms with Gasteiger partial charge in [0.2, 0.25) is 7.28 Å². The van der Waals surface area contributed by atoms with Crippen molar-refractivity contribution in [2.45, 2.75) is 105 Å². The van der Waals surface area contributed by atoms with Gasteiger partial charge in [0.25, 0.3) is 0 Å². The summed E-state index contributed by atoms with van der Waals surface area (Å²) in [4.78, 5) is 0. The van der Waals surface area contributed by atoms with Crippen molar-refractivity contribution in [1.82, 2.24) is 4.57 Å². The Labute approximate surface area is 396 Å². The second kappa shape index (κ2) is 13.9. The van der Waals surface area contributed by atoms with Crippen LogP contribution in [-0.2, 0) is 21.7 Å². The van der Waals surface area contributed by atoms with Gasteiger partial charge in [0.1, 0.15) is 11.2 Å². The van der Waals surface area contributed by atoms with Crippen molar-refractivity contribution in [3.63, 3.8) is 0 Å². The maximum Gasteiger partial charge on any atom is 0.211 e. The van der Waals surface area contributed by atoms with Gasteiger partial charge in [0, 0.05) is 69.1 Å². The van der Waals surface area contributed by atoms with Gasteiger partial charge in [0.05, 0.1) is 22.4 Å². The third-order valence-corrected chi connectivity index (χ3v) is 16.8. The fourth-order valence-electron chi connectivity index (χ4n) is 10.6. The quantitative estimate of drug-likeness (QED) is 0.179. The molecule has 0 unspecified atom stereocenters. The first kappa shape index (κ1) is 41.6. The predicted molar refractivity (Wildman–Crippen MR) is 293 cm³/mol. The lowest BCUT2D eigenvalue weighted by Crippen LogP contribution is -2.35. The fourth-order valence-corrected chi connectivity index (χ4v) is 13.1. The van der Waals surface area contributed by atoms with Crippen molar-refractivity contribution < 1.29 is 4.42 Å². The molecule has 0 aliphatic carbocycles. The molecule has 0 atom stereocenters. The van der Waals surface area contributed by atoms with Crippen molar-refractivity contribution >= 4 is 126 Å². The standard InChI is InChI=1S/C60H57BN2OS2/c1-57(2,3)32-17-22-36(23-18-32)62-43-31-46-39(37-24-19-35(60(10,11)12)29-45(37)64-46)30-40(43)49-50-38-15-13-14-16-47(38)65-55(50)51-41-27-33(58(4,5)6)20-25-44(41)63-53-42-28-34(59(7,8)9)21-26-48(42)66-56(53)61-52(49)54(51)63/h13-31,61-62H,1-12H3. The Morgan fingerprint density at radius 2 is 1.12 bits per heavy atom. The molecule has 11 aromatic rings. The lowest BCUT2D eigenvalue weighted by molar-refractivity contribution is 0.587. The zero-order chi connectivity index (χ0) is 46.0. The fraction of sp³-hybridized carbons (Fsp3) is 0.267. The van der Waals surface area contributed by atoms with E-state index in [1.807, 2.05) is 22.7 Å². The zero-order valence-electron chi connectivity index (χ0n) is 40.3. The number of furan rings is 1. The minimum atomic E-state index is -0.00519. The summed E-state index contributed by atoms with van der Waals surface area (Å²) in [5.74, 6) is 0. The number of thiophene rings is 2. The van der Waals surface area contributed by atoms with Crippen LogP contribution in [0.2, 0.25) is 0 Å². The normalized spacial score (nSPS) is 13.6. The maximum absolute atomic E-state index is 6.87. The number of hydrogen-bond donors (Lipinski definition) is 1. The van der Waals surface area contributed by atoms with E-state index in [1.54, 1.807) is 0 Å². The van der Waals surface area contributed by atoms with Gasteiger partial charge >= 0.3 is 0 Å². The van der Waals surface area contributed by atoms with Crippen LogP contribution in [0.3, 0.4) is 0 Å². The Morgan fingerprint density at radius 1 is 0.515 bits per heavy atom. The Hall–Kier alpha value is -5.82. The summed E-state index contributed by atoms with van der Waals surface area (Å²) in [7, 11) is 0.840. The monoisotopic (exact) mass is 896 g/mol. The highest BCUT2D eigenvalue weighted by Gasteiger charge is 2.34. The molecular weight excluding hydrogens is 840 g/mol. The molecule has 0 fully saturated rings. The van der Waals surface area contributed by atoms with Gasteiger partial charge in [-0.3, -0.25) is 0 Å². The molecule has 0 amide bonds. The lowest BCUT2D eigenvalue weighted by Gasteiger charge is -2.24. The second-order valence-electron chi connectivity index (χ2n) is 23.1. The molecule has 0 bridgehead atoms. The van der Waals surface area contributed by atoms with Gasteiger partial charge in [0.15, 0.2) is 0 Å². The van der Waals surface area contributed by atoms with E-state index in [1.165, 1.54) is 101 Å². The van der Waals surface area contributed by atoms with Crippen molar-refractivity contribution in [1.29, 1.82) is 0 Å². The van der Waals surface area contributed by atoms with Crippen LogP contribution in [-0.4, -0.2) is 11.8 Å². The van der Waals surface area contributed by atoms with E-state index in [9.17, 15) is 0 Å². The van der Waals surface area contributed by atoms with Crippen LogP contribution in [0.15, 0.2) is 120 Å². The van der Waals surface area contributed by atoms with Crippen molar-refractivity contribution in [2.75, 3.05) is 5.32 Å². The molecule has 1 aliphatic rings. The molecule has 1 N–H and O–H groups in total. The third kappa shape index (κ3) is 6.27. The SMILES string of the molecule is CC(C)(C)c1ccc(Nc2cc3oc4cc(C(C)(C)C)ccc4c3cc2-c2c3c4c(c5cc(C(C)(C)C)ccc5n4-c4c(sc5ccc(C(C)(C)C)cc45)B3)c3sc4ccccc4c23)cc1. The van der Waals surface area contributed by atoms with Crippen molar-refractivity contribution in [3.8, 4) is 16.8 Å². The second-order valence-corrected chi connectivity index (χ2v) is 25.3. The number of fused-ring (bicyclic) bond motifs is 14. The smallest absolute Gasteiger partial charge is 0.211 e. The van der Waals surface area contributed by atoms with Crippen LogP contribution in [0.4, 0.5) is 11.4 Å². The van der Waals surface area contributed by atoms with Crippen molar-refractivity contribution in [2.24, 2.45) is 0 Å². The number of aromatic nitrogens is 1. The highest BCUT2D eigenvalue weighted by Crippen LogP contribution is 2.51. The van der Waals surface area contributed by atoms with Crippen LogP contribution in [0.5, 0.6) is 0 Å². The molecule has 1 aliphatic heterocycles. The van der Waals surface area contributed by atoms with Gasteiger partial charge in [-0.25, -0.2) is 0 Å². The van der Waals surface area contributed by atoms with Crippen LogP contribution >= 0.6 is 22.7 Å². The number of benzene rings is 7. The van der Waals surface area contributed by atoms with Crippen molar-refractivity contribution in [3.05, 3.63) is 138 Å². The Morgan fingerprint density at radius 3 is 1.83 bits per heavy atom. The minimum Gasteiger partial charge on any atom is -0.456 e. The molecule has 0 spiro atoms. The van der Waals surface area contributed by atoms with E-state index in [2.05, 4.69) is 208 Å². The highest BCUT2D eigenvalue weighted by atomic mass is 32.1. The summed E-state index contributed by atoms with van der Waals surface area (Å²) < 4.78 is 15.0. The van der Waals surface area contributed by atoms with E-state index in [4.69, 9.17) is 4.42 Å². The van der Waals surface area contributed by atoms with E-state index in [0.29, 0.717) is 0 Å². The average molecular weight is 897 g/mol. The Bertz CT molecular complexity index is 3840. The highest BCUT2D eigenvalue weighted by molar-refractivity contribution is 7.29. The molecule has 12 rings (SSSR count). The third-order valence-electron chi connectivity index (χ3n) is 14.4. The number of anilines is 2. The summed E-state index contributed by atoms with van der Waals surface area (Å²) in [5.41, 5.74) is 17.2. The summed E-state index contributed by atoms with van der Waals surface area (Å²) in [6.45, 7) is 27.7. The molecular formula is C60H57BN2OS2. The summed E-state index contributed by atoms with van der Waals surface area (Å²) in [6, 6.07) is 44.2. The van der Waals surface area contributed by atoms with Gasteiger partial charge in [-0.15, -0.1) is 22.7 Å². The van der Waals surface area contributed by atoms with Crippen LogP contribution < -0.4 is 15.6 Å². The molecule has 328 valence electrons. The molecule has 66 heavy (non-hydrogen) atoms. The number of hydrogen-bond acceptors (Lipinski definition) is 4. The Balaban J connectivity index is 1.25. The first-order chi connectivity index (χ1) is 31.2. The van der Waals surface area contributed by atoms with E-state index in [-0.39, 0.29) is 21.7 Å². The van der Waals surface area contributed by atoms with Gasteiger partial charge in [-0.05, 0) is 114 Å². The minimum absolute atomic E-state index is 0.000192. The molecule has 7 aromatic carbocycles. The predicted octanol–water partition coefficient (Wildman–Crippen LogP) is 16.6. The molecule has 4 aromatic heterocycles. The van der Waals surface area contributed by atoms with Gasteiger partial charge in [-0.2, -0.15) is 0 Å². The zero-order valence-corrected chi connectivity index (χ0v) is 42.0. The molecule has 3 nitrogen and oxygen atoms in total. The van der Waals surface area contributed by atoms with Crippen LogP contribution in [0.25, 0.3) is 90.8 Å². The van der Waals surface area contributed by atoms with E-state index in [0.717, 1.165) is 40.6 Å². The number of nitrogens with one attached hydrogen (secondary N) is 1. The first-order valence-electron chi connectivity index (χ1n) is 23.6. The van der Waals surface area contributed by atoms with Gasteiger partial charge < -0.3 is 14.3 Å².